The van der Waals surface area contributed by atoms with Crippen LogP contribution >= 0.6 is 11.6 Å². The summed E-state index contributed by atoms with van der Waals surface area (Å²) >= 11 is 6.27. The minimum Gasteiger partial charge on any atom is -0.367 e. The Morgan fingerprint density at radius 2 is 1.84 bits per heavy atom. The number of likely N-dealkylation sites (N-methyl/N-ethyl adjacent to an activating group) is 1. The topological polar surface area (TPSA) is 55.9 Å². The molecule has 2 heterocycles. The minimum atomic E-state index is -0.343. The van der Waals surface area contributed by atoms with Crippen molar-refractivity contribution in [3.8, 4) is 0 Å². The molecule has 4 rings (SSSR count). The van der Waals surface area contributed by atoms with E-state index in [0.717, 1.165) is 49.5 Å². The first-order valence-electron chi connectivity index (χ1n) is 11.1. The second kappa shape index (κ2) is 9.76. The standard InChI is InChI=1S/C25H29ClN4O2/c1-3-28-12-14-29(15-13-28)23-9-8-20(26)16-22(23)27-25(32)17-24-21-7-5-4-6-19(21)10-11-30(24)18(2)31/h4-11,16,24H,3,12-15,17H2,1-2H3,(H,27,32). The second-order valence-electron chi connectivity index (χ2n) is 8.22. The molecule has 0 radical (unpaired) electrons. The predicted molar refractivity (Wildman–Crippen MR) is 130 cm³/mol. The molecular formula is C25H29ClN4O2. The first-order chi connectivity index (χ1) is 15.5. The van der Waals surface area contributed by atoms with Gasteiger partial charge in [-0.15, -0.1) is 0 Å². The third kappa shape index (κ3) is 4.81. The Morgan fingerprint density at radius 1 is 1.09 bits per heavy atom. The van der Waals surface area contributed by atoms with Crippen molar-refractivity contribution in [2.45, 2.75) is 26.3 Å². The normalized spacial score (nSPS) is 18.4. The number of nitrogens with one attached hydrogen (secondary N) is 1. The van der Waals surface area contributed by atoms with Crippen LogP contribution in [0.2, 0.25) is 5.02 Å². The third-order valence-corrected chi connectivity index (χ3v) is 6.48. The van der Waals surface area contributed by atoms with Gasteiger partial charge in [0.25, 0.3) is 0 Å². The summed E-state index contributed by atoms with van der Waals surface area (Å²) in [6.45, 7) is 8.52. The van der Waals surface area contributed by atoms with Crippen LogP contribution in [0.1, 0.15) is 37.4 Å². The number of carbonyl (C=O) groups is 2. The number of rotatable bonds is 5. The highest BCUT2D eigenvalue weighted by Crippen LogP contribution is 2.34. The maximum absolute atomic E-state index is 13.2. The van der Waals surface area contributed by atoms with E-state index < -0.39 is 0 Å². The van der Waals surface area contributed by atoms with E-state index in [2.05, 4.69) is 22.0 Å². The molecule has 0 bridgehead atoms. The van der Waals surface area contributed by atoms with E-state index >= 15 is 0 Å². The number of halogens is 1. The van der Waals surface area contributed by atoms with Crippen molar-refractivity contribution in [2.24, 2.45) is 0 Å². The number of amides is 2. The van der Waals surface area contributed by atoms with Gasteiger partial charge in [-0.2, -0.15) is 0 Å². The van der Waals surface area contributed by atoms with Crippen LogP contribution in [0.25, 0.3) is 6.08 Å². The van der Waals surface area contributed by atoms with Gasteiger partial charge in [0.1, 0.15) is 0 Å². The summed E-state index contributed by atoms with van der Waals surface area (Å²) in [5.41, 5.74) is 3.69. The summed E-state index contributed by atoms with van der Waals surface area (Å²) in [7, 11) is 0. The van der Waals surface area contributed by atoms with Crippen molar-refractivity contribution < 1.29 is 9.59 Å². The van der Waals surface area contributed by atoms with Gasteiger partial charge in [0.15, 0.2) is 0 Å². The summed E-state index contributed by atoms with van der Waals surface area (Å²) in [4.78, 5) is 31.7. The molecule has 0 spiro atoms. The second-order valence-corrected chi connectivity index (χ2v) is 8.66. The SMILES string of the molecule is CCN1CCN(c2ccc(Cl)cc2NC(=O)CC2c3ccccc3C=CN2C(C)=O)CC1. The van der Waals surface area contributed by atoms with E-state index in [4.69, 9.17) is 11.6 Å². The van der Waals surface area contributed by atoms with Crippen LogP contribution in [0.5, 0.6) is 0 Å². The number of carbonyl (C=O) groups excluding carboxylic acids is 2. The Hall–Kier alpha value is -2.83. The fourth-order valence-electron chi connectivity index (χ4n) is 4.48. The first kappa shape index (κ1) is 22.4. The molecule has 2 amide bonds. The van der Waals surface area contributed by atoms with Gasteiger partial charge in [0.05, 0.1) is 23.8 Å². The van der Waals surface area contributed by atoms with Crippen LogP contribution in [0, 0.1) is 0 Å². The number of hydrogen-bond acceptors (Lipinski definition) is 4. The number of benzene rings is 2. The summed E-state index contributed by atoms with van der Waals surface area (Å²) in [5, 5.41) is 3.65. The Bertz CT molecular complexity index is 1030. The highest BCUT2D eigenvalue weighted by Gasteiger charge is 2.28. The molecule has 2 aromatic rings. The summed E-state index contributed by atoms with van der Waals surface area (Å²) in [6.07, 6.45) is 3.84. The molecule has 1 unspecified atom stereocenters. The zero-order valence-electron chi connectivity index (χ0n) is 18.6. The van der Waals surface area contributed by atoms with E-state index in [-0.39, 0.29) is 24.3 Å². The van der Waals surface area contributed by atoms with Gasteiger partial charge >= 0.3 is 0 Å². The highest BCUT2D eigenvalue weighted by atomic mass is 35.5. The molecule has 1 saturated heterocycles. The van der Waals surface area contributed by atoms with Gasteiger partial charge in [-0.05, 0) is 41.9 Å². The molecule has 6 nitrogen and oxygen atoms in total. The predicted octanol–water partition coefficient (Wildman–Crippen LogP) is 4.38. The van der Waals surface area contributed by atoms with Crippen molar-refractivity contribution in [1.82, 2.24) is 9.80 Å². The van der Waals surface area contributed by atoms with E-state index in [1.165, 1.54) is 6.92 Å². The van der Waals surface area contributed by atoms with Gasteiger partial charge in [0, 0.05) is 44.3 Å². The lowest BCUT2D eigenvalue weighted by Gasteiger charge is -2.36. The number of nitrogens with zero attached hydrogens (tertiary/aromatic N) is 3. The Kier molecular flexibility index (Phi) is 6.82. The highest BCUT2D eigenvalue weighted by molar-refractivity contribution is 6.31. The van der Waals surface area contributed by atoms with Crippen LogP contribution in [-0.2, 0) is 9.59 Å². The summed E-state index contributed by atoms with van der Waals surface area (Å²) in [5.74, 6) is -0.243. The molecule has 2 aliphatic heterocycles. The third-order valence-electron chi connectivity index (χ3n) is 6.24. The molecule has 1 atom stereocenters. The van der Waals surface area contributed by atoms with Gasteiger partial charge in [-0.3, -0.25) is 9.59 Å². The van der Waals surface area contributed by atoms with Crippen molar-refractivity contribution >= 4 is 40.9 Å². The van der Waals surface area contributed by atoms with Crippen molar-refractivity contribution in [3.63, 3.8) is 0 Å². The van der Waals surface area contributed by atoms with Gasteiger partial charge in [-0.25, -0.2) is 0 Å². The fraction of sp³-hybridized carbons (Fsp3) is 0.360. The van der Waals surface area contributed by atoms with E-state index in [1.807, 2.05) is 42.5 Å². The minimum absolute atomic E-state index is 0.0919. The largest absolute Gasteiger partial charge is 0.367 e. The maximum Gasteiger partial charge on any atom is 0.226 e. The van der Waals surface area contributed by atoms with Crippen molar-refractivity contribution in [2.75, 3.05) is 42.9 Å². The Labute approximate surface area is 194 Å². The monoisotopic (exact) mass is 452 g/mol. The van der Waals surface area contributed by atoms with Crippen LogP contribution in [0.4, 0.5) is 11.4 Å². The molecule has 0 saturated carbocycles. The smallest absolute Gasteiger partial charge is 0.226 e. The van der Waals surface area contributed by atoms with Crippen LogP contribution < -0.4 is 10.2 Å². The average Bonchev–Trinajstić information content (AvgIpc) is 2.79. The van der Waals surface area contributed by atoms with Crippen LogP contribution in [-0.4, -0.2) is 54.3 Å². The van der Waals surface area contributed by atoms with Crippen LogP contribution in [0.15, 0.2) is 48.7 Å². The lowest BCUT2D eigenvalue weighted by molar-refractivity contribution is -0.129. The van der Waals surface area contributed by atoms with Gasteiger partial charge in [0.2, 0.25) is 11.8 Å². The number of fused-ring (bicyclic) bond motifs is 1. The Morgan fingerprint density at radius 3 is 2.56 bits per heavy atom. The van der Waals surface area contributed by atoms with Gasteiger partial charge < -0.3 is 20.0 Å². The fourth-order valence-corrected chi connectivity index (χ4v) is 4.65. The number of piperazine rings is 1. The molecule has 1 N–H and O–H groups in total. The van der Waals surface area contributed by atoms with E-state index in [1.54, 1.807) is 17.2 Å². The lowest BCUT2D eigenvalue weighted by atomic mass is 9.93. The van der Waals surface area contributed by atoms with E-state index in [0.29, 0.717) is 10.7 Å². The summed E-state index contributed by atoms with van der Waals surface area (Å²) < 4.78 is 0. The van der Waals surface area contributed by atoms with E-state index in [9.17, 15) is 9.59 Å². The number of hydrogen-bond donors (Lipinski definition) is 1. The molecule has 2 aromatic carbocycles. The van der Waals surface area contributed by atoms with Gasteiger partial charge in [-0.1, -0.05) is 42.8 Å². The van der Waals surface area contributed by atoms with Crippen LogP contribution in [0.3, 0.4) is 0 Å². The average molecular weight is 453 g/mol. The first-order valence-corrected chi connectivity index (χ1v) is 11.5. The molecule has 0 aromatic heterocycles. The molecule has 1 fully saturated rings. The molecule has 168 valence electrons. The zero-order chi connectivity index (χ0) is 22.7. The zero-order valence-corrected chi connectivity index (χ0v) is 19.3. The lowest BCUT2D eigenvalue weighted by Crippen LogP contribution is -2.46. The maximum atomic E-state index is 13.2. The summed E-state index contributed by atoms with van der Waals surface area (Å²) in [6, 6.07) is 13.2. The molecule has 2 aliphatic rings. The van der Waals surface area contributed by atoms with Crippen molar-refractivity contribution in [1.29, 1.82) is 0 Å². The quantitative estimate of drug-likeness (QED) is 0.731. The number of anilines is 2. The van der Waals surface area contributed by atoms with Crippen molar-refractivity contribution in [3.05, 3.63) is 64.8 Å². The molecule has 7 heteroatoms. The Balaban J connectivity index is 1.53. The molecule has 32 heavy (non-hydrogen) atoms. The molecule has 0 aliphatic carbocycles. The molecular weight excluding hydrogens is 424 g/mol.